The standard InChI is InChI=1S/C10H9FN2O2/c1-5-10(15)13-9-7(12-5)3-2-6(4-14)8(9)11/h2-3,14H,4H2,1H3,(H,13,15). The summed E-state index contributed by atoms with van der Waals surface area (Å²) in [6.45, 7) is 1.15. The molecule has 0 radical (unpaired) electrons. The summed E-state index contributed by atoms with van der Waals surface area (Å²) in [5, 5.41) is 8.85. The van der Waals surface area contributed by atoms with Crippen LogP contribution in [0.2, 0.25) is 0 Å². The van der Waals surface area contributed by atoms with E-state index < -0.39 is 18.0 Å². The van der Waals surface area contributed by atoms with E-state index in [1.54, 1.807) is 13.0 Å². The van der Waals surface area contributed by atoms with E-state index >= 15 is 0 Å². The predicted molar refractivity (Wildman–Crippen MR) is 53.0 cm³/mol. The quantitative estimate of drug-likeness (QED) is 0.730. The van der Waals surface area contributed by atoms with Crippen LogP contribution in [-0.2, 0) is 6.61 Å². The summed E-state index contributed by atoms with van der Waals surface area (Å²) in [5.41, 5.74) is 0.429. The normalized spacial score (nSPS) is 10.9. The Bertz CT molecular complexity index is 577. The van der Waals surface area contributed by atoms with E-state index in [1.807, 2.05) is 0 Å². The van der Waals surface area contributed by atoms with Gasteiger partial charge in [0.05, 0.1) is 12.1 Å². The average Bonchev–Trinajstić information content (AvgIpc) is 2.22. The van der Waals surface area contributed by atoms with Gasteiger partial charge in [0, 0.05) is 5.56 Å². The van der Waals surface area contributed by atoms with Crippen LogP contribution in [0.1, 0.15) is 11.3 Å². The minimum atomic E-state index is -0.625. The number of aryl methyl sites for hydroxylation is 1. The third kappa shape index (κ3) is 1.50. The molecule has 0 aliphatic carbocycles. The van der Waals surface area contributed by atoms with Gasteiger partial charge in [-0.05, 0) is 13.0 Å². The molecule has 0 saturated heterocycles. The molecule has 15 heavy (non-hydrogen) atoms. The summed E-state index contributed by atoms with van der Waals surface area (Å²) >= 11 is 0. The second-order valence-corrected chi connectivity index (χ2v) is 3.24. The summed E-state index contributed by atoms with van der Waals surface area (Å²) in [4.78, 5) is 17.6. The molecular formula is C10H9FN2O2. The maximum Gasteiger partial charge on any atom is 0.269 e. The van der Waals surface area contributed by atoms with Crippen LogP contribution in [0.3, 0.4) is 0 Å². The Morgan fingerprint density at radius 3 is 2.93 bits per heavy atom. The molecule has 1 aromatic heterocycles. The highest BCUT2D eigenvalue weighted by molar-refractivity contribution is 5.75. The number of H-pyrrole nitrogens is 1. The zero-order valence-electron chi connectivity index (χ0n) is 8.04. The van der Waals surface area contributed by atoms with E-state index in [9.17, 15) is 9.18 Å². The van der Waals surface area contributed by atoms with Gasteiger partial charge < -0.3 is 10.1 Å². The van der Waals surface area contributed by atoms with Crippen molar-refractivity contribution in [3.05, 3.63) is 39.6 Å². The van der Waals surface area contributed by atoms with Gasteiger partial charge in [0.15, 0.2) is 5.82 Å². The molecule has 0 saturated carbocycles. The van der Waals surface area contributed by atoms with Crippen molar-refractivity contribution in [1.29, 1.82) is 0 Å². The van der Waals surface area contributed by atoms with Gasteiger partial charge in [-0.25, -0.2) is 9.37 Å². The zero-order chi connectivity index (χ0) is 11.0. The molecule has 0 fully saturated rings. The third-order valence-electron chi connectivity index (χ3n) is 2.23. The van der Waals surface area contributed by atoms with Crippen LogP contribution >= 0.6 is 0 Å². The molecule has 1 heterocycles. The van der Waals surface area contributed by atoms with Gasteiger partial charge in [0.25, 0.3) is 5.56 Å². The van der Waals surface area contributed by atoms with E-state index in [4.69, 9.17) is 5.11 Å². The molecule has 0 spiro atoms. The van der Waals surface area contributed by atoms with Crippen molar-refractivity contribution in [1.82, 2.24) is 9.97 Å². The van der Waals surface area contributed by atoms with Crippen LogP contribution in [0.5, 0.6) is 0 Å². The fraction of sp³-hybridized carbons (Fsp3) is 0.200. The van der Waals surface area contributed by atoms with E-state index in [1.165, 1.54) is 6.07 Å². The van der Waals surface area contributed by atoms with Crippen molar-refractivity contribution in [2.24, 2.45) is 0 Å². The number of halogens is 1. The molecule has 4 nitrogen and oxygen atoms in total. The second-order valence-electron chi connectivity index (χ2n) is 3.24. The van der Waals surface area contributed by atoms with Crippen LogP contribution in [0, 0.1) is 12.7 Å². The van der Waals surface area contributed by atoms with Gasteiger partial charge in [0.2, 0.25) is 0 Å². The van der Waals surface area contributed by atoms with Crippen molar-refractivity contribution < 1.29 is 9.50 Å². The molecule has 1 aromatic carbocycles. The van der Waals surface area contributed by atoms with Crippen molar-refractivity contribution >= 4 is 11.0 Å². The Kier molecular flexibility index (Phi) is 2.24. The molecule has 2 rings (SSSR count). The van der Waals surface area contributed by atoms with Gasteiger partial charge in [-0.3, -0.25) is 4.79 Å². The number of aliphatic hydroxyl groups is 1. The maximum absolute atomic E-state index is 13.6. The summed E-state index contributed by atoms with van der Waals surface area (Å²) in [5.74, 6) is -0.625. The van der Waals surface area contributed by atoms with Gasteiger partial charge in [-0.2, -0.15) is 0 Å². The number of aromatic amines is 1. The highest BCUT2D eigenvalue weighted by atomic mass is 19.1. The Morgan fingerprint density at radius 2 is 2.27 bits per heavy atom. The highest BCUT2D eigenvalue weighted by Crippen LogP contribution is 2.16. The van der Waals surface area contributed by atoms with Crippen LogP contribution < -0.4 is 5.56 Å². The Hall–Kier alpha value is -1.75. The number of nitrogens with one attached hydrogen (secondary N) is 1. The maximum atomic E-state index is 13.6. The molecule has 0 bridgehead atoms. The minimum Gasteiger partial charge on any atom is -0.392 e. The van der Waals surface area contributed by atoms with Crippen molar-refractivity contribution in [2.45, 2.75) is 13.5 Å². The smallest absolute Gasteiger partial charge is 0.269 e. The topological polar surface area (TPSA) is 66.0 Å². The molecule has 0 aliphatic heterocycles. The van der Waals surface area contributed by atoms with E-state index in [0.29, 0.717) is 11.2 Å². The number of fused-ring (bicyclic) bond motifs is 1. The lowest BCUT2D eigenvalue weighted by atomic mass is 10.2. The molecular weight excluding hydrogens is 199 g/mol. The number of hydrogen-bond donors (Lipinski definition) is 2. The first kappa shape index (κ1) is 9.79. The Balaban J connectivity index is 2.87. The number of benzene rings is 1. The van der Waals surface area contributed by atoms with E-state index in [-0.39, 0.29) is 11.1 Å². The van der Waals surface area contributed by atoms with Crippen molar-refractivity contribution in [2.75, 3.05) is 0 Å². The lowest BCUT2D eigenvalue weighted by molar-refractivity contribution is 0.276. The minimum absolute atomic E-state index is 0.0390. The Labute approximate surface area is 84.4 Å². The lowest BCUT2D eigenvalue weighted by Gasteiger charge is -2.03. The van der Waals surface area contributed by atoms with Crippen LogP contribution in [-0.4, -0.2) is 15.1 Å². The average molecular weight is 208 g/mol. The van der Waals surface area contributed by atoms with Gasteiger partial charge in [-0.1, -0.05) is 6.07 Å². The molecule has 0 atom stereocenters. The molecule has 5 heteroatoms. The van der Waals surface area contributed by atoms with Gasteiger partial charge in [-0.15, -0.1) is 0 Å². The SMILES string of the molecule is Cc1nc2ccc(CO)c(F)c2[nH]c1=O. The van der Waals surface area contributed by atoms with Crippen LogP contribution in [0.15, 0.2) is 16.9 Å². The fourth-order valence-corrected chi connectivity index (χ4v) is 1.38. The Morgan fingerprint density at radius 1 is 1.53 bits per heavy atom. The molecule has 2 aromatic rings. The third-order valence-corrected chi connectivity index (χ3v) is 2.23. The first-order valence-corrected chi connectivity index (χ1v) is 4.42. The number of hydrogen-bond acceptors (Lipinski definition) is 3. The summed E-state index contributed by atoms with van der Waals surface area (Å²) in [7, 11) is 0. The lowest BCUT2D eigenvalue weighted by Crippen LogP contribution is -2.12. The summed E-state index contributed by atoms with van der Waals surface area (Å²) in [6, 6.07) is 3.01. The second kappa shape index (κ2) is 3.43. The number of nitrogens with zero attached hydrogens (tertiary/aromatic N) is 1. The highest BCUT2D eigenvalue weighted by Gasteiger charge is 2.09. The monoisotopic (exact) mass is 208 g/mol. The van der Waals surface area contributed by atoms with Crippen molar-refractivity contribution in [3.8, 4) is 0 Å². The molecule has 0 unspecified atom stereocenters. The number of aliphatic hydroxyl groups excluding tert-OH is 1. The number of rotatable bonds is 1. The molecule has 2 N–H and O–H groups in total. The van der Waals surface area contributed by atoms with Gasteiger partial charge >= 0.3 is 0 Å². The fourth-order valence-electron chi connectivity index (χ4n) is 1.38. The summed E-state index contributed by atoms with van der Waals surface area (Å²) in [6.07, 6.45) is 0. The largest absolute Gasteiger partial charge is 0.392 e. The first-order valence-electron chi connectivity index (χ1n) is 4.42. The van der Waals surface area contributed by atoms with Crippen LogP contribution in [0.4, 0.5) is 4.39 Å². The first-order chi connectivity index (χ1) is 7.13. The zero-order valence-corrected chi connectivity index (χ0v) is 8.04. The summed E-state index contributed by atoms with van der Waals surface area (Å²) < 4.78 is 13.6. The molecule has 0 amide bonds. The predicted octanol–water partition coefficient (Wildman–Crippen LogP) is 0.863. The van der Waals surface area contributed by atoms with E-state index in [0.717, 1.165) is 0 Å². The molecule has 0 aliphatic rings. The van der Waals surface area contributed by atoms with Crippen molar-refractivity contribution in [3.63, 3.8) is 0 Å². The van der Waals surface area contributed by atoms with E-state index in [2.05, 4.69) is 9.97 Å². The van der Waals surface area contributed by atoms with Gasteiger partial charge in [0.1, 0.15) is 11.2 Å². The van der Waals surface area contributed by atoms with Crippen LogP contribution in [0.25, 0.3) is 11.0 Å². The number of aromatic nitrogens is 2. The molecule has 78 valence electrons.